The summed E-state index contributed by atoms with van der Waals surface area (Å²) in [4.78, 5) is 14.7. The van der Waals surface area contributed by atoms with E-state index in [0.717, 1.165) is 29.7 Å². The standard InChI is InChI=1S/C24H27NO/c1-2-3-4-5-6-7-8-12-19-23-21-17-13-14-18-22(21)24(26)25(23)20-15-10-9-11-16-20/h9-11,13-18,23H,2-8H2,1H3/t23-/m0/s1. The number of para-hydroxylation sites is 1. The zero-order valence-corrected chi connectivity index (χ0v) is 15.6. The number of fused-ring (bicyclic) bond motifs is 1. The molecule has 2 heteroatoms. The van der Waals surface area contributed by atoms with Gasteiger partial charge in [-0.3, -0.25) is 9.69 Å². The van der Waals surface area contributed by atoms with Crippen LogP contribution in [0.2, 0.25) is 0 Å². The van der Waals surface area contributed by atoms with E-state index in [1.165, 1.54) is 32.1 Å². The summed E-state index contributed by atoms with van der Waals surface area (Å²) >= 11 is 0. The van der Waals surface area contributed by atoms with Crippen molar-refractivity contribution in [3.63, 3.8) is 0 Å². The zero-order chi connectivity index (χ0) is 18.2. The molecule has 0 aromatic heterocycles. The molecule has 0 bridgehead atoms. The van der Waals surface area contributed by atoms with Gasteiger partial charge in [0.1, 0.15) is 6.04 Å². The molecule has 1 aliphatic rings. The van der Waals surface area contributed by atoms with Crippen molar-refractivity contribution in [2.75, 3.05) is 4.90 Å². The molecule has 0 spiro atoms. The van der Waals surface area contributed by atoms with Crippen LogP contribution in [0.3, 0.4) is 0 Å². The first-order chi connectivity index (χ1) is 12.8. The van der Waals surface area contributed by atoms with E-state index in [4.69, 9.17) is 0 Å². The quantitative estimate of drug-likeness (QED) is 0.436. The summed E-state index contributed by atoms with van der Waals surface area (Å²) in [5.74, 6) is 6.76. The fourth-order valence-corrected chi connectivity index (χ4v) is 3.48. The van der Waals surface area contributed by atoms with Crippen molar-refractivity contribution in [3.8, 4) is 11.8 Å². The van der Waals surface area contributed by atoms with Gasteiger partial charge < -0.3 is 0 Å². The molecule has 26 heavy (non-hydrogen) atoms. The van der Waals surface area contributed by atoms with Crippen LogP contribution in [-0.2, 0) is 0 Å². The normalized spacial score (nSPS) is 15.5. The molecule has 0 N–H and O–H groups in total. The smallest absolute Gasteiger partial charge is 0.260 e. The fraction of sp³-hybridized carbons (Fsp3) is 0.375. The molecule has 1 aliphatic heterocycles. The van der Waals surface area contributed by atoms with E-state index >= 15 is 0 Å². The lowest BCUT2D eigenvalue weighted by Gasteiger charge is -2.21. The Bertz CT molecular complexity index is 785. The van der Waals surface area contributed by atoms with Crippen molar-refractivity contribution >= 4 is 11.6 Å². The maximum atomic E-state index is 12.9. The minimum Gasteiger partial charge on any atom is -0.290 e. The van der Waals surface area contributed by atoms with Gasteiger partial charge in [0.2, 0.25) is 0 Å². The zero-order valence-electron chi connectivity index (χ0n) is 15.6. The van der Waals surface area contributed by atoms with Crippen molar-refractivity contribution in [3.05, 3.63) is 65.7 Å². The van der Waals surface area contributed by atoms with Gasteiger partial charge in [0, 0.05) is 17.7 Å². The second kappa shape index (κ2) is 9.25. The van der Waals surface area contributed by atoms with Crippen LogP contribution in [0, 0.1) is 11.8 Å². The highest BCUT2D eigenvalue weighted by Gasteiger charge is 2.36. The van der Waals surface area contributed by atoms with Crippen molar-refractivity contribution in [2.24, 2.45) is 0 Å². The highest BCUT2D eigenvalue weighted by molar-refractivity contribution is 6.11. The van der Waals surface area contributed by atoms with Gasteiger partial charge in [-0.25, -0.2) is 0 Å². The van der Waals surface area contributed by atoms with Crippen molar-refractivity contribution in [1.29, 1.82) is 0 Å². The molecule has 1 amide bonds. The summed E-state index contributed by atoms with van der Waals surface area (Å²) in [5, 5.41) is 0. The lowest BCUT2D eigenvalue weighted by atomic mass is 10.0. The van der Waals surface area contributed by atoms with E-state index in [1.807, 2.05) is 59.5 Å². The Hall–Kier alpha value is -2.53. The molecule has 0 saturated heterocycles. The summed E-state index contributed by atoms with van der Waals surface area (Å²) in [5.41, 5.74) is 2.71. The molecule has 1 atom stereocenters. The Morgan fingerprint density at radius 2 is 1.58 bits per heavy atom. The molecule has 0 aliphatic carbocycles. The van der Waals surface area contributed by atoms with Crippen molar-refractivity contribution < 1.29 is 4.79 Å². The fourth-order valence-electron chi connectivity index (χ4n) is 3.48. The van der Waals surface area contributed by atoms with Gasteiger partial charge in [-0.1, -0.05) is 81.3 Å². The summed E-state index contributed by atoms with van der Waals surface area (Å²) in [6.07, 6.45) is 8.54. The average Bonchev–Trinajstić information content (AvgIpc) is 2.97. The predicted molar refractivity (Wildman–Crippen MR) is 108 cm³/mol. The number of anilines is 1. The number of carbonyl (C=O) groups excluding carboxylic acids is 1. The first kappa shape index (κ1) is 18.3. The molecule has 2 aromatic carbocycles. The second-order valence-corrected chi connectivity index (χ2v) is 6.84. The SMILES string of the molecule is CCCCCCCCC#C[C@H]1c2ccccc2C(=O)N1c1ccccc1. The van der Waals surface area contributed by atoms with E-state index in [9.17, 15) is 4.79 Å². The number of hydrogen-bond donors (Lipinski definition) is 0. The number of hydrogen-bond acceptors (Lipinski definition) is 1. The summed E-state index contributed by atoms with van der Waals surface area (Å²) in [6, 6.07) is 17.5. The third kappa shape index (κ3) is 4.17. The van der Waals surface area contributed by atoms with E-state index in [0.29, 0.717) is 0 Å². The Kier molecular flexibility index (Phi) is 6.50. The second-order valence-electron chi connectivity index (χ2n) is 6.84. The van der Waals surface area contributed by atoms with Crippen LogP contribution in [0.5, 0.6) is 0 Å². The van der Waals surface area contributed by atoms with Gasteiger partial charge in [-0.2, -0.15) is 0 Å². The third-order valence-electron chi connectivity index (χ3n) is 4.89. The van der Waals surface area contributed by atoms with Gasteiger partial charge in [0.25, 0.3) is 5.91 Å². The molecular formula is C24H27NO. The predicted octanol–water partition coefficient (Wildman–Crippen LogP) is 6.14. The van der Waals surface area contributed by atoms with E-state index in [2.05, 4.69) is 18.8 Å². The number of amides is 1. The Morgan fingerprint density at radius 3 is 2.38 bits per heavy atom. The molecule has 0 unspecified atom stereocenters. The lowest BCUT2D eigenvalue weighted by molar-refractivity contribution is 0.0994. The summed E-state index contributed by atoms with van der Waals surface area (Å²) in [6.45, 7) is 2.24. The number of nitrogens with zero attached hydrogens (tertiary/aromatic N) is 1. The maximum Gasteiger partial charge on any atom is 0.260 e. The molecule has 134 valence electrons. The number of unbranched alkanes of at least 4 members (excludes halogenated alkanes) is 6. The van der Waals surface area contributed by atoms with Crippen LogP contribution in [-0.4, -0.2) is 5.91 Å². The molecule has 2 nitrogen and oxygen atoms in total. The van der Waals surface area contributed by atoms with Gasteiger partial charge in [0.15, 0.2) is 0 Å². The Balaban J connectivity index is 1.71. The minimum absolute atomic E-state index is 0.0469. The molecule has 3 rings (SSSR count). The Morgan fingerprint density at radius 1 is 0.885 bits per heavy atom. The van der Waals surface area contributed by atoms with Crippen LogP contribution in [0.4, 0.5) is 5.69 Å². The number of benzene rings is 2. The lowest BCUT2D eigenvalue weighted by Crippen LogP contribution is -2.26. The Labute approximate surface area is 157 Å². The highest BCUT2D eigenvalue weighted by atomic mass is 16.2. The van der Waals surface area contributed by atoms with E-state index < -0.39 is 0 Å². The molecule has 0 fully saturated rings. The van der Waals surface area contributed by atoms with Gasteiger partial charge in [0.05, 0.1) is 0 Å². The molecular weight excluding hydrogens is 318 g/mol. The van der Waals surface area contributed by atoms with Gasteiger partial charge in [-0.05, 0) is 30.2 Å². The first-order valence-corrected chi connectivity index (χ1v) is 9.79. The van der Waals surface area contributed by atoms with Gasteiger partial charge >= 0.3 is 0 Å². The van der Waals surface area contributed by atoms with Crippen molar-refractivity contribution in [2.45, 2.75) is 57.9 Å². The van der Waals surface area contributed by atoms with Crippen molar-refractivity contribution in [1.82, 2.24) is 0 Å². The average molecular weight is 345 g/mol. The van der Waals surface area contributed by atoms with Crippen LogP contribution in [0.25, 0.3) is 0 Å². The van der Waals surface area contributed by atoms with Crippen LogP contribution < -0.4 is 4.90 Å². The molecule has 0 radical (unpaired) electrons. The van der Waals surface area contributed by atoms with Crippen LogP contribution in [0.1, 0.15) is 73.8 Å². The monoisotopic (exact) mass is 345 g/mol. The summed E-state index contributed by atoms with van der Waals surface area (Å²) < 4.78 is 0. The topological polar surface area (TPSA) is 20.3 Å². The summed E-state index contributed by atoms with van der Waals surface area (Å²) in [7, 11) is 0. The molecule has 0 saturated carbocycles. The van der Waals surface area contributed by atoms with E-state index in [-0.39, 0.29) is 11.9 Å². The van der Waals surface area contributed by atoms with E-state index in [1.54, 1.807) is 0 Å². The molecule has 1 heterocycles. The maximum absolute atomic E-state index is 12.9. The van der Waals surface area contributed by atoms with Gasteiger partial charge in [-0.15, -0.1) is 5.92 Å². The largest absolute Gasteiger partial charge is 0.290 e. The number of rotatable bonds is 7. The number of carbonyl (C=O) groups is 1. The minimum atomic E-state index is -0.179. The first-order valence-electron chi connectivity index (χ1n) is 9.79. The highest BCUT2D eigenvalue weighted by Crippen LogP contribution is 2.36. The van der Waals surface area contributed by atoms with Crippen LogP contribution >= 0.6 is 0 Å². The molecule has 2 aromatic rings. The van der Waals surface area contributed by atoms with Crippen LogP contribution in [0.15, 0.2) is 54.6 Å². The third-order valence-corrected chi connectivity index (χ3v) is 4.89.